The second-order valence-corrected chi connectivity index (χ2v) is 14.6. The van der Waals surface area contributed by atoms with E-state index in [1.165, 1.54) is 231 Å². The first-order valence-electron chi connectivity index (χ1n) is 21.0. The molecule has 2 nitrogen and oxygen atoms in total. The van der Waals surface area contributed by atoms with Crippen molar-refractivity contribution in [2.24, 2.45) is 0 Å². The number of hydrogen-bond donors (Lipinski definition) is 0. The summed E-state index contributed by atoms with van der Waals surface area (Å²) in [6.45, 7) is 9.48. The molecule has 2 heteroatoms. The summed E-state index contributed by atoms with van der Waals surface area (Å²) >= 11 is 0. The predicted octanol–water partition coefficient (Wildman–Crippen LogP) is 14.7. The summed E-state index contributed by atoms with van der Waals surface area (Å²) in [7, 11) is 0. The van der Waals surface area contributed by atoms with Gasteiger partial charge in [-0.1, -0.05) is 213 Å². The Kier molecular flexibility index (Phi) is 31.7. The van der Waals surface area contributed by atoms with Crippen LogP contribution in [0.15, 0.2) is 12.4 Å². The minimum Gasteiger partial charge on any atom is -0.356 e. The van der Waals surface area contributed by atoms with Crippen LogP contribution in [-0.4, -0.2) is 29.1 Å². The fraction of sp³-hybridized carbons (Fsp3) is 0.952. The highest BCUT2D eigenvalue weighted by Crippen LogP contribution is 2.24. The van der Waals surface area contributed by atoms with Gasteiger partial charge in [0.2, 0.25) is 0 Å². The van der Waals surface area contributed by atoms with Crippen LogP contribution in [0.5, 0.6) is 0 Å². The van der Waals surface area contributed by atoms with Gasteiger partial charge in [0, 0.05) is 25.5 Å². The summed E-state index contributed by atoms with van der Waals surface area (Å²) in [4.78, 5) is 5.44. The van der Waals surface area contributed by atoms with Crippen molar-refractivity contribution in [2.75, 3.05) is 13.1 Å². The molecule has 0 saturated heterocycles. The van der Waals surface area contributed by atoms with E-state index in [-0.39, 0.29) is 0 Å². The molecule has 0 aromatic carbocycles. The summed E-state index contributed by atoms with van der Waals surface area (Å²) < 4.78 is 0. The lowest BCUT2D eigenvalue weighted by molar-refractivity contribution is 0.135. The number of hydrogen-bond acceptors (Lipinski definition) is 2. The topological polar surface area (TPSA) is 6.48 Å². The van der Waals surface area contributed by atoms with Crippen molar-refractivity contribution >= 4 is 0 Å². The number of rotatable bonds is 36. The third-order valence-electron chi connectivity index (χ3n) is 10.3. The number of nitrogens with zero attached hydrogens (tertiary/aromatic N) is 2. The quantitative estimate of drug-likeness (QED) is 0.0646. The van der Waals surface area contributed by atoms with Gasteiger partial charge in [-0.05, 0) is 25.7 Å². The van der Waals surface area contributed by atoms with Crippen LogP contribution in [0, 0.1) is 0 Å². The normalized spacial score (nSPS) is 14.8. The molecule has 0 fully saturated rings. The highest BCUT2D eigenvalue weighted by Gasteiger charge is 2.24. The molecule has 1 unspecified atom stereocenters. The Morgan fingerprint density at radius 3 is 0.795 bits per heavy atom. The van der Waals surface area contributed by atoms with Crippen LogP contribution in [0.1, 0.15) is 239 Å². The second kappa shape index (κ2) is 33.7. The molecule has 0 radical (unpaired) electrons. The second-order valence-electron chi connectivity index (χ2n) is 14.6. The molecule has 0 bridgehead atoms. The minimum absolute atomic E-state index is 0.639. The van der Waals surface area contributed by atoms with Crippen LogP contribution in [0.2, 0.25) is 0 Å². The lowest BCUT2D eigenvalue weighted by atomic mass is 10.0. The summed E-state index contributed by atoms with van der Waals surface area (Å²) in [6.07, 6.45) is 54.4. The molecular weight excluding hydrogens is 532 g/mol. The number of unbranched alkanes of at least 4 members (excludes halogenated alkanes) is 30. The smallest absolute Gasteiger partial charge is 0.101 e. The van der Waals surface area contributed by atoms with Crippen molar-refractivity contribution in [3.8, 4) is 0 Å². The van der Waals surface area contributed by atoms with Gasteiger partial charge in [0.1, 0.15) is 6.17 Å². The van der Waals surface area contributed by atoms with Crippen LogP contribution in [0.25, 0.3) is 0 Å². The molecule has 1 aliphatic rings. The molecule has 1 heterocycles. The highest BCUT2D eigenvalue weighted by atomic mass is 15.4. The van der Waals surface area contributed by atoms with Gasteiger partial charge < -0.3 is 9.80 Å². The molecule has 0 N–H and O–H groups in total. The maximum absolute atomic E-state index is 2.72. The first-order chi connectivity index (χ1) is 21.8. The van der Waals surface area contributed by atoms with E-state index in [0.29, 0.717) is 6.17 Å². The monoisotopic (exact) mass is 617 g/mol. The summed E-state index contributed by atoms with van der Waals surface area (Å²) in [5.41, 5.74) is 0. The van der Waals surface area contributed by atoms with Gasteiger partial charge in [-0.2, -0.15) is 0 Å². The highest BCUT2D eigenvalue weighted by molar-refractivity contribution is 4.97. The molecule has 262 valence electrons. The Bertz CT molecular complexity index is 572. The first-order valence-corrected chi connectivity index (χ1v) is 21.0. The van der Waals surface area contributed by atoms with Gasteiger partial charge in [-0.25, -0.2) is 0 Å². The summed E-state index contributed by atoms with van der Waals surface area (Å²) in [6, 6.07) is 0. The van der Waals surface area contributed by atoms with E-state index in [1.807, 2.05) is 0 Å². The van der Waals surface area contributed by atoms with E-state index in [9.17, 15) is 0 Å². The lowest BCUT2D eigenvalue weighted by Gasteiger charge is -2.33. The molecule has 0 aliphatic carbocycles. The molecule has 0 saturated carbocycles. The molecule has 0 aromatic rings. The van der Waals surface area contributed by atoms with E-state index in [0.717, 1.165) is 0 Å². The van der Waals surface area contributed by atoms with Crippen LogP contribution in [0.4, 0.5) is 0 Å². The van der Waals surface area contributed by atoms with Crippen molar-refractivity contribution < 1.29 is 0 Å². The SMILES string of the molecule is CCCCCCCCCCCCCCCCCN1C=CN(CCCCCCCCC)C1CCCCCCCCCCCCC. The van der Waals surface area contributed by atoms with Crippen molar-refractivity contribution in [3.63, 3.8) is 0 Å². The molecule has 0 spiro atoms. The van der Waals surface area contributed by atoms with E-state index in [2.05, 4.69) is 43.0 Å². The first kappa shape index (κ1) is 41.4. The van der Waals surface area contributed by atoms with Crippen LogP contribution in [0.3, 0.4) is 0 Å². The van der Waals surface area contributed by atoms with E-state index >= 15 is 0 Å². The predicted molar refractivity (Wildman–Crippen MR) is 200 cm³/mol. The maximum Gasteiger partial charge on any atom is 0.101 e. The van der Waals surface area contributed by atoms with E-state index < -0.39 is 0 Å². The molecule has 1 aliphatic heterocycles. The van der Waals surface area contributed by atoms with Gasteiger partial charge >= 0.3 is 0 Å². The lowest BCUT2D eigenvalue weighted by Crippen LogP contribution is -2.39. The van der Waals surface area contributed by atoms with Crippen molar-refractivity contribution in [2.45, 2.75) is 245 Å². The van der Waals surface area contributed by atoms with Crippen LogP contribution >= 0.6 is 0 Å². The fourth-order valence-electron chi connectivity index (χ4n) is 7.25. The third kappa shape index (κ3) is 25.5. The Morgan fingerprint density at radius 2 is 0.523 bits per heavy atom. The molecule has 1 rings (SSSR count). The Hall–Kier alpha value is -0.660. The van der Waals surface area contributed by atoms with Crippen molar-refractivity contribution in [3.05, 3.63) is 12.4 Å². The minimum atomic E-state index is 0.639. The zero-order valence-electron chi connectivity index (χ0n) is 31.1. The Balaban J connectivity index is 2.17. The molecule has 0 aromatic heterocycles. The van der Waals surface area contributed by atoms with Gasteiger partial charge in [0.15, 0.2) is 0 Å². The van der Waals surface area contributed by atoms with Gasteiger partial charge in [0.25, 0.3) is 0 Å². The summed E-state index contributed by atoms with van der Waals surface area (Å²) in [5.74, 6) is 0. The largest absolute Gasteiger partial charge is 0.356 e. The van der Waals surface area contributed by atoms with Gasteiger partial charge in [-0.15, -0.1) is 0 Å². The summed E-state index contributed by atoms with van der Waals surface area (Å²) in [5, 5.41) is 0. The zero-order valence-corrected chi connectivity index (χ0v) is 31.1. The van der Waals surface area contributed by atoms with Crippen LogP contribution in [-0.2, 0) is 0 Å². The Morgan fingerprint density at radius 1 is 0.295 bits per heavy atom. The van der Waals surface area contributed by atoms with Crippen molar-refractivity contribution in [1.29, 1.82) is 0 Å². The molecule has 1 atom stereocenters. The Labute approximate surface area is 280 Å². The molecule has 0 amide bonds. The van der Waals surface area contributed by atoms with Gasteiger partial charge in [-0.3, -0.25) is 0 Å². The van der Waals surface area contributed by atoms with E-state index in [1.54, 1.807) is 0 Å². The van der Waals surface area contributed by atoms with Crippen LogP contribution < -0.4 is 0 Å². The average molecular weight is 617 g/mol. The van der Waals surface area contributed by atoms with Gasteiger partial charge in [0.05, 0.1) is 0 Å². The van der Waals surface area contributed by atoms with Crippen molar-refractivity contribution in [1.82, 2.24) is 9.80 Å². The maximum atomic E-state index is 2.72. The van der Waals surface area contributed by atoms with E-state index in [4.69, 9.17) is 0 Å². The zero-order chi connectivity index (χ0) is 31.6. The molecular formula is C42H84N2. The third-order valence-corrected chi connectivity index (χ3v) is 10.3. The molecule has 44 heavy (non-hydrogen) atoms. The standard InChI is InChI=1S/C42H84N2/c1-4-7-10-13-16-18-20-21-22-23-25-27-30-33-36-39-44-41-40-43(38-35-32-29-15-12-9-6-3)42(44)37-34-31-28-26-24-19-17-14-11-8-5-2/h40-42H,4-39H2,1-3H3. The average Bonchev–Trinajstić information content (AvgIpc) is 3.42. The fourth-order valence-corrected chi connectivity index (χ4v) is 7.25.